The van der Waals surface area contributed by atoms with E-state index in [0.29, 0.717) is 29.6 Å². The number of ether oxygens (including phenoxy) is 2. The number of furan rings is 1. The molecule has 2 aliphatic heterocycles. The zero-order chi connectivity index (χ0) is 21.9. The molecule has 2 amide bonds. The van der Waals surface area contributed by atoms with E-state index in [0.717, 1.165) is 28.3 Å². The van der Waals surface area contributed by atoms with Crippen molar-refractivity contribution < 1.29 is 23.5 Å². The molecular weight excluding hydrogens is 432 g/mol. The molecule has 4 heterocycles. The van der Waals surface area contributed by atoms with Crippen LogP contribution >= 0.6 is 11.8 Å². The summed E-state index contributed by atoms with van der Waals surface area (Å²) in [5.74, 6) is 3.53. The third-order valence-corrected chi connectivity index (χ3v) is 5.99. The highest BCUT2D eigenvalue weighted by atomic mass is 32.2. The topological polar surface area (TPSA) is 108 Å². The van der Waals surface area contributed by atoms with Crippen LogP contribution in [0.5, 0.6) is 11.5 Å². The van der Waals surface area contributed by atoms with Gasteiger partial charge >= 0.3 is 0 Å². The van der Waals surface area contributed by atoms with Crippen molar-refractivity contribution in [2.45, 2.75) is 24.6 Å². The van der Waals surface area contributed by atoms with Crippen LogP contribution in [0, 0.1) is 0 Å². The molecule has 10 heteroatoms. The second kappa shape index (κ2) is 8.83. The van der Waals surface area contributed by atoms with Crippen LogP contribution in [0.4, 0.5) is 5.82 Å². The Labute approximate surface area is 187 Å². The summed E-state index contributed by atoms with van der Waals surface area (Å²) in [5, 5.41) is 10.2. The van der Waals surface area contributed by atoms with Gasteiger partial charge in [-0.2, -0.15) is 16.9 Å². The minimum absolute atomic E-state index is 0.000135. The second-order valence-electron chi connectivity index (χ2n) is 7.22. The predicted octanol–water partition coefficient (Wildman–Crippen LogP) is 2.92. The largest absolute Gasteiger partial charge is 0.467 e. The van der Waals surface area contributed by atoms with E-state index in [4.69, 9.17) is 13.9 Å². The van der Waals surface area contributed by atoms with E-state index < -0.39 is 0 Å². The summed E-state index contributed by atoms with van der Waals surface area (Å²) in [6.45, 7) is 0.494. The van der Waals surface area contributed by atoms with E-state index in [2.05, 4.69) is 15.7 Å². The van der Waals surface area contributed by atoms with Crippen LogP contribution in [-0.4, -0.2) is 28.4 Å². The van der Waals surface area contributed by atoms with E-state index >= 15 is 0 Å². The van der Waals surface area contributed by atoms with Gasteiger partial charge in [0, 0.05) is 23.1 Å². The Morgan fingerprint density at radius 3 is 2.97 bits per heavy atom. The van der Waals surface area contributed by atoms with Crippen molar-refractivity contribution >= 4 is 35.5 Å². The number of amides is 2. The van der Waals surface area contributed by atoms with Gasteiger partial charge in [0.2, 0.25) is 18.6 Å². The molecule has 0 saturated heterocycles. The van der Waals surface area contributed by atoms with Crippen molar-refractivity contribution in [1.29, 1.82) is 0 Å². The Morgan fingerprint density at radius 1 is 1.19 bits per heavy atom. The maximum atomic E-state index is 12.6. The third-order valence-electron chi connectivity index (χ3n) is 5.02. The summed E-state index contributed by atoms with van der Waals surface area (Å²) >= 11 is 1.72. The van der Waals surface area contributed by atoms with E-state index in [1.807, 2.05) is 12.1 Å². The molecule has 0 aliphatic carbocycles. The summed E-state index contributed by atoms with van der Waals surface area (Å²) in [6.07, 6.45) is 4.70. The Morgan fingerprint density at radius 2 is 2.09 bits per heavy atom. The lowest BCUT2D eigenvalue weighted by Crippen LogP contribution is -2.28. The number of carbonyl (C=O) groups is 2. The lowest BCUT2D eigenvalue weighted by atomic mass is 10.2. The minimum Gasteiger partial charge on any atom is -0.467 e. The van der Waals surface area contributed by atoms with Gasteiger partial charge in [-0.05, 0) is 35.9 Å². The third kappa shape index (κ3) is 4.35. The van der Waals surface area contributed by atoms with Gasteiger partial charge in [-0.3, -0.25) is 9.59 Å². The Bertz CT molecular complexity index is 1190. The number of nitrogens with zero attached hydrogens (tertiary/aromatic N) is 2. The van der Waals surface area contributed by atoms with Gasteiger partial charge < -0.3 is 24.5 Å². The average Bonchev–Trinajstić information content (AvgIpc) is 3.57. The van der Waals surface area contributed by atoms with Crippen molar-refractivity contribution in [3.8, 4) is 11.5 Å². The van der Waals surface area contributed by atoms with E-state index in [9.17, 15) is 9.59 Å². The summed E-state index contributed by atoms with van der Waals surface area (Å²) in [7, 11) is 0. The number of hydrogen-bond acceptors (Lipinski definition) is 7. The molecule has 2 aromatic heterocycles. The van der Waals surface area contributed by atoms with Crippen LogP contribution in [0.2, 0.25) is 0 Å². The molecule has 5 rings (SSSR count). The summed E-state index contributed by atoms with van der Waals surface area (Å²) in [5.41, 5.74) is 2.67. The molecule has 0 bridgehead atoms. The molecule has 0 spiro atoms. The minimum atomic E-state index is -0.306. The number of hydrogen-bond donors (Lipinski definition) is 2. The molecule has 2 N–H and O–H groups in total. The van der Waals surface area contributed by atoms with E-state index in [1.54, 1.807) is 47.0 Å². The lowest BCUT2D eigenvalue weighted by Gasteiger charge is -2.10. The normalized spacial score (nSPS) is 14.0. The smallest absolute Gasteiger partial charge is 0.249 e. The Hall–Kier alpha value is -3.66. The van der Waals surface area contributed by atoms with Gasteiger partial charge in [0.1, 0.15) is 18.1 Å². The molecule has 9 nitrogen and oxygen atoms in total. The highest BCUT2D eigenvalue weighted by molar-refractivity contribution is 7.98. The van der Waals surface area contributed by atoms with Gasteiger partial charge in [-0.15, -0.1) is 0 Å². The molecule has 32 heavy (non-hydrogen) atoms. The summed E-state index contributed by atoms with van der Waals surface area (Å²) in [6, 6.07) is 9.02. The summed E-state index contributed by atoms with van der Waals surface area (Å²) < 4.78 is 17.4. The van der Waals surface area contributed by atoms with Crippen molar-refractivity contribution in [3.63, 3.8) is 0 Å². The fourth-order valence-electron chi connectivity index (χ4n) is 3.46. The number of aromatic nitrogens is 2. The zero-order valence-corrected chi connectivity index (χ0v) is 17.8. The molecule has 0 atom stereocenters. The maximum Gasteiger partial charge on any atom is 0.249 e. The van der Waals surface area contributed by atoms with Crippen LogP contribution in [0.1, 0.15) is 22.6 Å². The van der Waals surface area contributed by atoms with Gasteiger partial charge in [-0.1, -0.05) is 6.07 Å². The Balaban J connectivity index is 1.26. The van der Waals surface area contributed by atoms with Crippen molar-refractivity contribution in [2.24, 2.45) is 0 Å². The van der Waals surface area contributed by atoms with Crippen molar-refractivity contribution in [1.82, 2.24) is 15.1 Å². The van der Waals surface area contributed by atoms with Gasteiger partial charge in [0.25, 0.3) is 0 Å². The number of thioether (sulfide) groups is 1. The fraction of sp³-hybridized carbons (Fsp3) is 0.227. The number of rotatable bonds is 7. The number of nitrogens with one attached hydrogen (secondary N) is 2. The highest BCUT2D eigenvalue weighted by Crippen LogP contribution is 2.35. The fourth-order valence-corrected chi connectivity index (χ4v) is 4.49. The quantitative estimate of drug-likeness (QED) is 0.531. The predicted molar refractivity (Wildman–Crippen MR) is 118 cm³/mol. The molecule has 2 aliphatic rings. The summed E-state index contributed by atoms with van der Waals surface area (Å²) in [4.78, 5) is 25.0. The van der Waals surface area contributed by atoms with Crippen molar-refractivity contribution in [3.05, 3.63) is 65.3 Å². The molecule has 164 valence electrons. The van der Waals surface area contributed by atoms with E-state index in [-0.39, 0.29) is 25.2 Å². The number of carbonyl (C=O) groups excluding carboxylic acids is 2. The number of anilines is 1. The molecule has 0 saturated carbocycles. The van der Waals surface area contributed by atoms with Gasteiger partial charge in [0.05, 0.1) is 18.5 Å². The van der Waals surface area contributed by atoms with Gasteiger partial charge in [-0.25, -0.2) is 4.68 Å². The molecular formula is C22H20N4O5S. The maximum absolute atomic E-state index is 12.6. The number of fused-ring (bicyclic) bond motifs is 2. The number of benzene rings is 1. The van der Waals surface area contributed by atoms with Crippen LogP contribution in [0.25, 0.3) is 6.08 Å². The van der Waals surface area contributed by atoms with Gasteiger partial charge in [0.15, 0.2) is 11.5 Å². The van der Waals surface area contributed by atoms with Crippen LogP contribution in [0.15, 0.2) is 47.1 Å². The van der Waals surface area contributed by atoms with Crippen LogP contribution in [-0.2, 0) is 34.2 Å². The highest BCUT2D eigenvalue weighted by Gasteiger charge is 2.24. The Kier molecular flexibility index (Phi) is 5.59. The first-order chi connectivity index (χ1) is 15.7. The standard InChI is InChI=1S/C22H20N4O5S/c27-20(6-4-14-3-5-18-19(8-14)31-13-30-18)24-22-16-11-32-12-17(16)25-26(22)10-21(28)23-9-15-2-1-7-29-15/h1-8H,9-13H2,(H,23,28)(H,24,27). The SMILES string of the molecule is O=C(C=Cc1ccc2c(c1)OCO2)Nc1c2c(nn1CC(=O)NCc1ccco1)CSC2. The lowest BCUT2D eigenvalue weighted by molar-refractivity contribution is -0.122. The molecule has 3 aromatic rings. The van der Waals surface area contributed by atoms with E-state index in [1.165, 1.54) is 6.08 Å². The monoisotopic (exact) mass is 452 g/mol. The molecule has 0 radical (unpaired) electrons. The second-order valence-corrected chi connectivity index (χ2v) is 8.20. The zero-order valence-electron chi connectivity index (χ0n) is 17.0. The molecule has 0 fully saturated rings. The molecule has 0 unspecified atom stereocenters. The first kappa shape index (κ1) is 20.3. The average molecular weight is 452 g/mol. The first-order valence-electron chi connectivity index (χ1n) is 10.00. The first-order valence-corrected chi connectivity index (χ1v) is 11.2. The van der Waals surface area contributed by atoms with Crippen molar-refractivity contribution in [2.75, 3.05) is 12.1 Å². The van der Waals surface area contributed by atoms with Crippen LogP contribution in [0.3, 0.4) is 0 Å². The van der Waals surface area contributed by atoms with Crippen LogP contribution < -0.4 is 20.1 Å². The molecule has 1 aromatic carbocycles.